The number of rotatable bonds is 5. The Labute approximate surface area is 217 Å². The highest BCUT2D eigenvalue weighted by Crippen LogP contribution is 2.36. The van der Waals surface area contributed by atoms with Gasteiger partial charge in [0.05, 0.1) is 22.2 Å². The molecule has 2 aromatic heterocycles. The van der Waals surface area contributed by atoms with Crippen molar-refractivity contribution in [3.8, 4) is 17.3 Å². The van der Waals surface area contributed by atoms with Crippen molar-refractivity contribution in [3.05, 3.63) is 35.5 Å². The van der Waals surface area contributed by atoms with Crippen LogP contribution in [0.2, 0.25) is 5.02 Å². The van der Waals surface area contributed by atoms with Crippen molar-refractivity contribution >= 4 is 23.2 Å². The average Bonchev–Trinajstić information content (AvgIpc) is 2.90. The molecule has 0 spiro atoms. The largest absolute Gasteiger partial charge is 0.373 e. The summed E-state index contributed by atoms with van der Waals surface area (Å²) in [6.07, 6.45) is 14.9. The Morgan fingerprint density at radius 2 is 1.74 bits per heavy atom. The first kappa shape index (κ1) is 28.9. The van der Waals surface area contributed by atoms with Gasteiger partial charge >= 0.3 is 0 Å². The van der Waals surface area contributed by atoms with E-state index in [-0.39, 0.29) is 5.41 Å². The molecule has 2 saturated carbocycles. The molecule has 4 rings (SSSR count). The van der Waals surface area contributed by atoms with Gasteiger partial charge in [-0.05, 0) is 43.9 Å². The van der Waals surface area contributed by atoms with Gasteiger partial charge in [0.25, 0.3) is 0 Å². The third-order valence-electron chi connectivity index (χ3n) is 6.44. The number of nitrogens with zero attached hydrogens (tertiary/aromatic N) is 3. The molecule has 0 aromatic carbocycles. The maximum atomic E-state index is 9.60. The fraction of sp³-hybridized carbons (Fsp3) is 0.607. The van der Waals surface area contributed by atoms with Crippen molar-refractivity contribution in [2.45, 2.75) is 90.5 Å². The first-order chi connectivity index (χ1) is 17.0. The highest BCUT2D eigenvalue weighted by molar-refractivity contribution is 6.33. The zero-order valence-electron chi connectivity index (χ0n) is 21.7. The maximum absolute atomic E-state index is 9.60. The van der Waals surface area contributed by atoms with E-state index in [9.17, 15) is 5.26 Å². The number of hydrogen-bond donors (Lipinski definition) is 3. The Hall–Kier alpha value is -2.36. The van der Waals surface area contributed by atoms with E-state index in [0.717, 1.165) is 48.6 Å². The monoisotopic (exact) mass is 498 g/mol. The molecule has 0 radical (unpaired) electrons. The van der Waals surface area contributed by atoms with Crippen LogP contribution in [0.25, 0.3) is 11.3 Å². The second-order valence-corrected chi connectivity index (χ2v) is 10.0. The first-order valence-electron chi connectivity index (χ1n) is 13.2. The molecule has 192 valence electrons. The Balaban J connectivity index is 0.000000361. The predicted octanol–water partition coefficient (Wildman–Crippen LogP) is 7.42. The number of hydrogen-bond acceptors (Lipinski definition) is 6. The van der Waals surface area contributed by atoms with Crippen molar-refractivity contribution in [2.75, 3.05) is 24.2 Å². The molecular formula is C28H43ClN6. The summed E-state index contributed by atoms with van der Waals surface area (Å²) in [4.78, 5) is 8.87. The van der Waals surface area contributed by atoms with Crippen LogP contribution in [-0.2, 0) is 0 Å². The molecule has 6 nitrogen and oxygen atoms in total. The number of anilines is 2. The average molecular weight is 499 g/mol. The van der Waals surface area contributed by atoms with Crippen LogP contribution in [0.1, 0.15) is 84.5 Å². The normalized spacial score (nSPS) is 17.0. The van der Waals surface area contributed by atoms with Gasteiger partial charge in [-0.25, -0.2) is 9.97 Å². The molecular weight excluding hydrogens is 456 g/mol. The fourth-order valence-electron chi connectivity index (χ4n) is 4.41. The van der Waals surface area contributed by atoms with Gasteiger partial charge in [-0.2, -0.15) is 5.26 Å². The van der Waals surface area contributed by atoms with E-state index in [2.05, 4.69) is 40.5 Å². The summed E-state index contributed by atoms with van der Waals surface area (Å²) in [6, 6.07) is 10.7. The van der Waals surface area contributed by atoms with E-state index < -0.39 is 0 Å². The van der Waals surface area contributed by atoms with Crippen LogP contribution in [0.5, 0.6) is 0 Å². The Morgan fingerprint density at radius 3 is 2.31 bits per heavy atom. The third kappa shape index (κ3) is 9.66. The lowest BCUT2D eigenvalue weighted by atomic mass is 9.75. The molecule has 0 amide bonds. The molecule has 0 aliphatic heterocycles. The van der Waals surface area contributed by atoms with Gasteiger partial charge < -0.3 is 16.4 Å². The van der Waals surface area contributed by atoms with Gasteiger partial charge in [0.15, 0.2) is 0 Å². The summed E-state index contributed by atoms with van der Waals surface area (Å²) in [5.41, 5.74) is 6.97. The maximum Gasteiger partial charge on any atom is 0.126 e. The second kappa shape index (κ2) is 15.6. The molecule has 0 saturated heterocycles. The standard InChI is InChI=1S/C19H22ClN5.C6H13N.C3H8/c1-22-18-10-14(15(20)11-23-18)16-6-5-7-17(25-16)24-13-19(12-21)8-3-2-4-9-19;7-6-4-2-1-3-5-6;1-3-2/h5-7,10-11H,2-4,8-9,13H2,1H3,(H,22,23)(H,24,25);6H,1-5,7H2;3H2,1-2H3. The van der Waals surface area contributed by atoms with Gasteiger partial charge in [-0.15, -0.1) is 0 Å². The van der Waals surface area contributed by atoms with Crippen LogP contribution in [0.15, 0.2) is 30.5 Å². The van der Waals surface area contributed by atoms with E-state index >= 15 is 0 Å². The number of pyridine rings is 2. The molecule has 0 atom stereocenters. The van der Waals surface area contributed by atoms with Crippen LogP contribution >= 0.6 is 11.6 Å². The number of nitrogens with two attached hydrogens (primary N) is 1. The highest BCUT2D eigenvalue weighted by atomic mass is 35.5. The lowest BCUT2D eigenvalue weighted by molar-refractivity contribution is 0.284. The van der Waals surface area contributed by atoms with Crippen molar-refractivity contribution < 1.29 is 0 Å². The first-order valence-corrected chi connectivity index (χ1v) is 13.6. The van der Waals surface area contributed by atoms with Crippen LogP contribution in [0.4, 0.5) is 11.6 Å². The number of nitrogens with one attached hydrogen (secondary N) is 2. The lowest BCUT2D eigenvalue weighted by Crippen LogP contribution is -2.30. The third-order valence-corrected chi connectivity index (χ3v) is 6.74. The highest BCUT2D eigenvalue weighted by Gasteiger charge is 2.31. The van der Waals surface area contributed by atoms with E-state index in [4.69, 9.17) is 17.3 Å². The summed E-state index contributed by atoms with van der Waals surface area (Å²) in [7, 11) is 1.82. The molecule has 7 heteroatoms. The zero-order valence-corrected chi connectivity index (χ0v) is 22.5. The molecule has 2 aliphatic rings. The van der Waals surface area contributed by atoms with E-state index in [1.54, 1.807) is 6.20 Å². The minimum Gasteiger partial charge on any atom is -0.373 e. The van der Waals surface area contributed by atoms with Crippen LogP contribution in [0, 0.1) is 16.7 Å². The number of aromatic nitrogens is 2. The molecule has 2 aromatic rings. The van der Waals surface area contributed by atoms with E-state index in [1.807, 2.05) is 31.3 Å². The van der Waals surface area contributed by atoms with Gasteiger partial charge in [0.1, 0.15) is 11.6 Å². The fourth-order valence-corrected chi connectivity index (χ4v) is 4.61. The van der Waals surface area contributed by atoms with Crippen molar-refractivity contribution in [1.29, 1.82) is 5.26 Å². The van der Waals surface area contributed by atoms with Gasteiger partial charge in [0, 0.05) is 31.4 Å². The second-order valence-electron chi connectivity index (χ2n) is 9.62. The Kier molecular flexibility index (Phi) is 12.9. The predicted molar refractivity (Wildman–Crippen MR) is 149 cm³/mol. The lowest BCUT2D eigenvalue weighted by Gasteiger charge is -2.30. The van der Waals surface area contributed by atoms with Gasteiger partial charge in [-0.1, -0.05) is 76.5 Å². The van der Waals surface area contributed by atoms with Crippen molar-refractivity contribution in [3.63, 3.8) is 0 Å². The number of nitriles is 1. The molecule has 0 unspecified atom stereocenters. The zero-order chi connectivity index (χ0) is 25.5. The summed E-state index contributed by atoms with van der Waals surface area (Å²) >= 11 is 6.29. The molecule has 4 N–H and O–H groups in total. The van der Waals surface area contributed by atoms with Crippen LogP contribution in [0.3, 0.4) is 0 Å². The van der Waals surface area contributed by atoms with Crippen LogP contribution in [-0.4, -0.2) is 29.6 Å². The minimum atomic E-state index is -0.274. The summed E-state index contributed by atoms with van der Waals surface area (Å²) in [5, 5.41) is 16.5. The summed E-state index contributed by atoms with van der Waals surface area (Å²) < 4.78 is 0. The summed E-state index contributed by atoms with van der Waals surface area (Å²) in [5.74, 6) is 1.50. The van der Waals surface area contributed by atoms with Crippen molar-refractivity contribution in [2.24, 2.45) is 11.1 Å². The van der Waals surface area contributed by atoms with E-state index in [1.165, 1.54) is 44.9 Å². The Bertz CT molecular complexity index is 914. The minimum absolute atomic E-state index is 0.274. The van der Waals surface area contributed by atoms with Gasteiger partial charge in [-0.3, -0.25) is 0 Å². The van der Waals surface area contributed by atoms with E-state index in [0.29, 0.717) is 17.6 Å². The molecule has 2 aliphatic carbocycles. The van der Waals surface area contributed by atoms with Gasteiger partial charge in [0.2, 0.25) is 0 Å². The SMILES string of the molecule is CCC.CNc1cc(-c2cccc(NCC3(C#N)CCCCC3)n2)c(Cl)cn1.NC1CCCCC1. The molecule has 2 fully saturated rings. The topological polar surface area (TPSA) is 99.6 Å². The smallest absolute Gasteiger partial charge is 0.126 e. The molecule has 35 heavy (non-hydrogen) atoms. The summed E-state index contributed by atoms with van der Waals surface area (Å²) in [6.45, 7) is 4.88. The molecule has 2 heterocycles. The number of halogens is 1. The Morgan fingerprint density at radius 1 is 1.09 bits per heavy atom. The van der Waals surface area contributed by atoms with Crippen molar-refractivity contribution in [1.82, 2.24) is 9.97 Å². The van der Waals surface area contributed by atoms with Crippen LogP contribution < -0.4 is 16.4 Å². The molecule has 0 bridgehead atoms. The quantitative estimate of drug-likeness (QED) is 0.396.